The Labute approximate surface area is 165 Å². The van der Waals surface area contributed by atoms with Crippen LogP contribution in [-0.2, 0) is 16.1 Å². The zero-order chi connectivity index (χ0) is 19.9. The molecule has 28 heavy (non-hydrogen) atoms. The lowest BCUT2D eigenvalue weighted by Gasteiger charge is -2.32. The number of methoxy groups -OCH3 is 2. The Balaban J connectivity index is 1.53. The molecule has 2 heterocycles. The van der Waals surface area contributed by atoms with Crippen LogP contribution in [0.3, 0.4) is 0 Å². The topological polar surface area (TPSA) is 73.8 Å². The SMILES string of the molecule is COCc1cnc(C)nc1C1CCN(C(=O)COc2ccc(OC)cc2)CC1. The summed E-state index contributed by atoms with van der Waals surface area (Å²) >= 11 is 0. The van der Waals surface area contributed by atoms with E-state index in [0.717, 1.165) is 35.7 Å². The molecule has 1 aromatic carbocycles. The number of amides is 1. The van der Waals surface area contributed by atoms with E-state index in [2.05, 4.69) is 9.97 Å². The van der Waals surface area contributed by atoms with Crippen LogP contribution in [0.2, 0.25) is 0 Å². The van der Waals surface area contributed by atoms with Crippen LogP contribution in [0, 0.1) is 6.92 Å². The minimum Gasteiger partial charge on any atom is -0.497 e. The van der Waals surface area contributed by atoms with Crippen molar-refractivity contribution in [3.8, 4) is 11.5 Å². The van der Waals surface area contributed by atoms with E-state index in [4.69, 9.17) is 14.2 Å². The van der Waals surface area contributed by atoms with Crippen molar-refractivity contribution in [1.29, 1.82) is 0 Å². The summed E-state index contributed by atoms with van der Waals surface area (Å²) in [5, 5.41) is 0. The third-order valence-electron chi connectivity index (χ3n) is 4.97. The Morgan fingerprint density at radius 3 is 2.46 bits per heavy atom. The Hall–Kier alpha value is -2.67. The van der Waals surface area contributed by atoms with Gasteiger partial charge in [-0.05, 0) is 44.0 Å². The molecular formula is C21H27N3O4. The van der Waals surface area contributed by atoms with Crippen molar-refractivity contribution in [3.63, 3.8) is 0 Å². The highest BCUT2D eigenvalue weighted by Crippen LogP contribution is 2.29. The molecule has 0 bridgehead atoms. The molecule has 1 aromatic heterocycles. The average Bonchev–Trinajstić information content (AvgIpc) is 2.74. The van der Waals surface area contributed by atoms with Gasteiger partial charge in [-0.3, -0.25) is 4.79 Å². The van der Waals surface area contributed by atoms with E-state index in [1.165, 1.54) is 0 Å². The van der Waals surface area contributed by atoms with Crippen LogP contribution in [0.15, 0.2) is 30.5 Å². The first-order valence-electron chi connectivity index (χ1n) is 9.46. The van der Waals surface area contributed by atoms with Crippen LogP contribution in [0.25, 0.3) is 0 Å². The molecule has 1 saturated heterocycles. The highest BCUT2D eigenvalue weighted by molar-refractivity contribution is 5.77. The van der Waals surface area contributed by atoms with Crippen molar-refractivity contribution in [2.24, 2.45) is 0 Å². The smallest absolute Gasteiger partial charge is 0.260 e. The number of piperidine rings is 1. The van der Waals surface area contributed by atoms with Gasteiger partial charge in [-0.1, -0.05) is 0 Å². The van der Waals surface area contributed by atoms with Gasteiger partial charge in [0.1, 0.15) is 17.3 Å². The van der Waals surface area contributed by atoms with Gasteiger partial charge in [0.25, 0.3) is 5.91 Å². The maximum Gasteiger partial charge on any atom is 0.260 e. The van der Waals surface area contributed by atoms with Gasteiger partial charge >= 0.3 is 0 Å². The zero-order valence-electron chi connectivity index (χ0n) is 16.7. The third kappa shape index (κ3) is 4.98. The Morgan fingerprint density at radius 1 is 1.14 bits per heavy atom. The highest BCUT2D eigenvalue weighted by atomic mass is 16.5. The van der Waals surface area contributed by atoms with Gasteiger partial charge in [0.05, 0.1) is 19.4 Å². The van der Waals surface area contributed by atoms with Crippen molar-refractivity contribution in [2.75, 3.05) is 33.9 Å². The molecule has 0 aliphatic carbocycles. The molecule has 2 aromatic rings. The summed E-state index contributed by atoms with van der Waals surface area (Å²) in [7, 11) is 3.29. The zero-order valence-corrected chi connectivity index (χ0v) is 16.7. The molecular weight excluding hydrogens is 358 g/mol. The molecule has 7 nitrogen and oxygen atoms in total. The average molecular weight is 385 g/mol. The van der Waals surface area contributed by atoms with E-state index in [1.54, 1.807) is 26.4 Å². The minimum absolute atomic E-state index is 0.00486. The number of hydrogen-bond donors (Lipinski definition) is 0. The fourth-order valence-corrected chi connectivity index (χ4v) is 3.44. The number of carbonyl (C=O) groups is 1. The number of likely N-dealkylation sites (tertiary alicyclic amines) is 1. The lowest BCUT2D eigenvalue weighted by atomic mass is 9.91. The molecule has 0 spiro atoms. The first kappa shape index (κ1) is 20.1. The fourth-order valence-electron chi connectivity index (χ4n) is 3.44. The molecule has 3 rings (SSSR count). The fraction of sp³-hybridized carbons (Fsp3) is 0.476. The second-order valence-electron chi connectivity index (χ2n) is 6.88. The largest absolute Gasteiger partial charge is 0.497 e. The first-order chi connectivity index (χ1) is 13.6. The quantitative estimate of drug-likeness (QED) is 0.730. The van der Waals surface area contributed by atoms with E-state index < -0.39 is 0 Å². The predicted octanol–water partition coefficient (Wildman–Crippen LogP) is 2.73. The monoisotopic (exact) mass is 385 g/mol. The lowest BCUT2D eigenvalue weighted by molar-refractivity contribution is -0.134. The molecule has 0 unspecified atom stereocenters. The van der Waals surface area contributed by atoms with Crippen molar-refractivity contribution < 1.29 is 19.0 Å². The minimum atomic E-state index is 0.00486. The van der Waals surface area contributed by atoms with Gasteiger partial charge in [-0.15, -0.1) is 0 Å². The van der Waals surface area contributed by atoms with Crippen LogP contribution < -0.4 is 9.47 Å². The molecule has 0 N–H and O–H groups in total. The van der Waals surface area contributed by atoms with E-state index in [1.807, 2.05) is 30.2 Å². The maximum atomic E-state index is 12.5. The van der Waals surface area contributed by atoms with Crippen molar-refractivity contribution in [3.05, 3.63) is 47.5 Å². The molecule has 0 radical (unpaired) electrons. The molecule has 1 aliphatic heterocycles. The standard InChI is InChI=1S/C21H27N3O4/c1-15-22-12-17(13-26-2)21(23-15)16-8-10-24(11-9-16)20(25)14-28-19-6-4-18(27-3)5-7-19/h4-7,12,16H,8-11,13-14H2,1-3H3. The summed E-state index contributed by atoms with van der Waals surface area (Å²) in [6, 6.07) is 7.22. The summed E-state index contributed by atoms with van der Waals surface area (Å²) in [5.41, 5.74) is 2.08. The predicted molar refractivity (Wildman–Crippen MR) is 105 cm³/mol. The summed E-state index contributed by atoms with van der Waals surface area (Å²) in [5.74, 6) is 2.50. The number of aryl methyl sites for hydroxylation is 1. The maximum absolute atomic E-state index is 12.5. The number of nitrogens with zero attached hydrogens (tertiary/aromatic N) is 3. The van der Waals surface area contributed by atoms with Gasteiger partial charge in [0.15, 0.2) is 6.61 Å². The van der Waals surface area contributed by atoms with Gasteiger partial charge in [-0.25, -0.2) is 9.97 Å². The van der Waals surface area contributed by atoms with E-state index in [0.29, 0.717) is 31.4 Å². The van der Waals surface area contributed by atoms with Crippen LogP contribution >= 0.6 is 0 Å². The highest BCUT2D eigenvalue weighted by Gasteiger charge is 2.26. The van der Waals surface area contributed by atoms with Crippen molar-refractivity contribution in [2.45, 2.75) is 32.3 Å². The van der Waals surface area contributed by atoms with Crippen LogP contribution in [0.1, 0.15) is 35.8 Å². The molecule has 150 valence electrons. The molecule has 7 heteroatoms. The molecule has 0 saturated carbocycles. The van der Waals surface area contributed by atoms with Crippen LogP contribution in [-0.4, -0.2) is 54.7 Å². The number of hydrogen-bond acceptors (Lipinski definition) is 6. The second-order valence-corrected chi connectivity index (χ2v) is 6.88. The van der Waals surface area contributed by atoms with Crippen molar-refractivity contribution >= 4 is 5.91 Å². The van der Waals surface area contributed by atoms with Gasteiger partial charge in [-0.2, -0.15) is 0 Å². The van der Waals surface area contributed by atoms with Crippen LogP contribution in [0.5, 0.6) is 11.5 Å². The summed E-state index contributed by atoms with van der Waals surface area (Å²) in [4.78, 5) is 23.3. The van der Waals surface area contributed by atoms with Gasteiger partial charge in [0, 0.05) is 37.9 Å². The number of carbonyl (C=O) groups excluding carboxylic acids is 1. The lowest BCUT2D eigenvalue weighted by Crippen LogP contribution is -2.40. The third-order valence-corrected chi connectivity index (χ3v) is 4.97. The number of rotatable bonds is 7. The molecule has 1 aliphatic rings. The van der Waals surface area contributed by atoms with Crippen LogP contribution in [0.4, 0.5) is 0 Å². The summed E-state index contributed by atoms with van der Waals surface area (Å²) in [6.45, 7) is 3.84. The molecule has 0 atom stereocenters. The van der Waals surface area contributed by atoms with E-state index >= 15 is 0 Å². The second kappa shape index (κ2) is 9.50. The van der Waals surface area contributed by atoms with Crippen molar-refractivity contribution in [1.82, 2.24) is 14.9 Å². The first-order valence-corrected chi connectivity index (χ1v) is 9.46. The van der Waals surface area contributed by atoms with Gasteiger partial charge < -0.3 is 19.1 Å². The Kier molecular flexibility index (Phi) is 6.81. The normalized spacial score (nSPS) is 14.8. The Morgan fingerprint density at radius 2 is 1.82 bits per heavy atom. The number of aromatic nitrogens is 2. The Bertz CT molecular complexity index is 787. The summed E-state index contributed by atoms with van der Waals surface area (Å²) < 4.78 is 16.0. The van der Waals surface area contributed by atoms with E-state index in [-0.39, 0.29) is 12.5 Å². The molecule has 1 amide bonds. The molecule has 1 fully saturated rings. The van der Waals surface area contributed by atoms with Gasteiger partial charge in [0.2, 0.25) is 0 Å². The number of ether oxygens (including phenoxy) is 3. The number of benzene rings is 1. The van der Waals surface area contributed by atoms with E-state index in [9.17, 15) is 4.79 Å². The summed E-state index contributed by atoms with van der Waals surface area (Å²) in [6.07, 6.45) is 3.60.